The maximum absolute atomic E-state index is 12.7. The molecule has 2 amide bonds. The highest BCUT2D eigenvalue weighted by atomic mass is 79.9. The minimum absolute atomic E-state index is 0.0275. The lowest BCUT2D eigenvalue weighted by Gasteiger charge is -2.22. The van der Waals surface area contributed by atoms with Crippen molar-refractivity contribution in [3.05, 3.63) is 70.3 Å². The molecule has 0 N–H and O–H groups in total. The molecule has 130 valence electrons. The minimum Gasteiger partial charge on any atom is -0.344 e. The van der Waals surface area contributed by atoms with Gasteiger partial charge in [0, 0.05) is 33.7 Å². The third-order valence-electron chi connectivity index (χ3n) is 5.64. The van der Waals surface area contributed by atoms with Crippen LogP contribution in [0.15, 0.2) is 59.2 Å². The van der Waals surface area contributed by atoms with E-state index < -0.39 is 0 Å². The number of benzene rings is 2. The molecule has 1 fully saturated rings. The zero-order valence-corrected chi connectivity index (χ0v) is 15.6. The summed E-state index contributed by atoms with van der Waals surface area (Å²) in [6.45, 7) is 0. The molecule has 1 saturated carbocycles. The van der Waals surface area contributed by atoms with Crippen LogP contribution in [0, 0.1) is 0 Å². The second-order valence-electron chi connectivity index (χ2n) is 7.07. The molecular weight excluding hydrogens is 392 g/mol. The van der Waals surface area contributed by atoms with Crippen molar-refractivity contribution in [1.82, 2.24) is 9.47 Å². The van der Waals surface area contributed by atoms with E-state index in [2.05, 4.69) is 51.0 Å². The molecule has 2 heterocycles. The summed E-state index contributed by atoms with van der Waals surface area (Å²) in [5, 5.41) is 1.20. The van der Waals surface area contributed by atoms with Gasteiger partial charge < -0.3 is 4.57 Å². The van der Waals surface area contributed by atoms with E-state index in [1.165, 1.54) is 15.8 Å². The minimum atomic E-state index is -0.141. The highest BCUT2D eigenvalue weighted by Crippen LogP contribution is 2.38. The molecule has 1 aliphatic heterocycles. The average Bonchev–Trinajstić information content (AvgIpc) is 3.33. The van der Waals surface area contributed by atoms with E-state index in [0.29, 0.717) is 17.2 Å². The van der Waals surface area contributed by atoms with E-state index in [4.69, 9.17) is 0 Å². The van der Waals surface area contributed by atoms with E-state index in [0.717, 1.165) is 23.7 Å². The van der Waals surface area contributed by atoms with Crippen LogP contribution < -0.4 is 0 Å². The molecule has 4 nitrogen and oxygen atoms in total. The molecule has 5 heteroatoms. The maximum atomic E-state index is 12.7. The molecule has 0 radical (unpaired) electrons. The summed E-state index contributed by atoms with van der Waals surface area (Å²) in [7, 11) is 0. The van der Waals surface area contributed by atoms with Gasteiger partial charge in [0.15, 0.2) is 0 Å². The van der Waals surface area contributed by atoms with Crippen molar-refractivity contribution in [2.24, 2.45) is 0 Å². The molecule has 2 aromatic carbocycles. The Morgan fingerprint density at radius 1 is 0.885 bits per heavy atom. The summed E-state index contributed by atoms with van der Waals surface area (Å²) in [5.74, 6) is -0.282. The number of hydrogen-bond acceptors (Lipinski definition) is 2. The zero-order chi connectivity index (χ0) is 17.8. The molecule has 5 rings (SSSR count). The third-order valence-corrected chi connectivity index (χ3v) is 6.14. The molecule has 26 heavy (non-hydrogen) atoms. The van der Waals surface area contributed by atoms with Crippen LogP contribution in [-0.2, 0) is 0 Å². The van der Waals surface area contributed by atoms with Crippen LogP contribution >= 0.6 is 15.9 Å². The van der Waals surface area contributed by atoms with E-state index >= 15 is 0 Å². The molecule has 0 spiro atoms. The number of hydrogen-bond donors (Lipinski definition) is 0. The summed E-state index contributed by atoms with van der Waals surface area (Å²) in [6.07, 6.45) is 4.75. The van der Waals surface area contributed by atoms with Crippen LogP contribution in [0.5, 0.6) is 0 Å². The van der Waals surface area contributed by atoms with Crippen LogP contribution in [0.1, 0.15) is 46.0 Å². The SMILES string of the molecule is O=C1c2ccccc2C(=O)N1[C@H]1CCC(n2ccc3cc(Br)ccc32)C1. The van der Waals surface area contributed by atoms with Crippen molar-refractivity contribution in [2.75, 3.05) is 0 Å². The number of rotatable bonds is 2. The monoisotopic (exact) mass is 408 g/mol. The van der Waals surface area contributed by atoms with Gasteiger partial charge in [-0.15, -0.1) is 0 Å². The molecule has 1 unspecified atom stereocenters. The Balaban J connectivity index is 1.43. The van der Waals surface area contributed by atoms with Gasteiger partial charge in [-0.3, -0.25) is 14.5 Å². The standard InChI is InChI=1S/C21H17BrN2O2/c22-14-5-8-19-13(11-14)9-10-23(19)15-6-7-16(12-15)24-20(25)17-3-1-2-4-18(17)21(24)26/h1-5,8-11,15-16H,6-7,12H2/t15?,16-/m0/s1. The molecule has 1 aromatic heterocycles. The predicted octanol–water partition coefficient (Wildman–Crippen LogP) is 4.79. The van der Waals surface area contributed by atoms with Crippen molar-refractivity contribution < 1.29 is 9.59 Å². The lowest BCUT2D eigenvalue weighted by molar-refractivity contribution is 0.0585. The van der Waals surface area contributed by atoms with Gasteiger partial charge in [0.25, 0.3) is 11.8 Å². The van der Waals surface area contributed by atoms with Gasteiger partial charge >= 0.3 is 0 Å². The van der Waals surface area contributed by atoms with Gasteiger partial charge in [0.05, 0.1) is 11.1 Å². The zero-order valence-electron chi connectivity index (χ0n) is 14.1. The first-order valence-electron chi connectivity index (χ1n) is 8.86. The second-order valence-corrected chi connectivity index (χ2v) is 7.99. The van der Waals surface area contributed by atoms with Crippen molar-refractivity contribution >= 4 is 38.6 Å². The lowest BCUT2D eigenvalue weighted by Crippen LogP contribution is -2.38. The number of fused-ring (bicyclic) bond motifs is 2. The van der Waals surface area contributed by atoms with Gasteiger partial charge in [-0.1, -0.05) is 28.1 Å². The van der Waals surface area contributed by atoms with Crippen molar-refractivity contribution in [1.29, 1.82) is 0 Å². The Kier molecular flexibility index (Phi) is 3.54. The van der Waals surface area contributed by atoms with Crippen LogP contribution in [0.25, 0.3) is 10.9 Å². The van der Waals surface area contributed by atoms with Crippen LogP contribution in [-0.4, -0.2) is 27.3 Å². The first-order valence-corrected chi connectivity index (χ1v) is 9.66. The fourth-order valence-corrected chi connectivity index (χ4v) is 4.79. The van der Waals surface area contributed by atoms with Gasteiger partial charge in [0.2, 0.25) is 0 Å². The summed E-state index contributed by atoms with van der Waals surface area (Å²) in [6, 6.07) is 15.8. The molecule has 3 aromatic rings. The number of amides is 2. The Morgan fingerprint density at radius 3 is 2.31 bits per heavy atom. The van der Waals surface area contributed by atoms with E-state index in [1.54, 1.807) is 12.1 Å². The van der Waals surface area contributed by atoms with Gasteiger partial charge in [0.1, 0.15) is 0 Å². The highest BCUT2D eigenvalue weighted by molar-refractivity contribution is 9.10. The summed E-state index contributed by atoms with van der Waals surface area (Å²) < 4.78 is 3.36. The molecular formula is C21H17BrN2O2. The predicted molar refractivity (Wildman–Crippen MR) is 103 cm³/mol. The normalized spacial score (nSPS) is 22.4. The highest BCUT2D eigenvalue weighted by Gasteiger charge is 2.42. The van der Waals surface area contributed by atoms with Crippen LogP contribution in [0.4, 0.5) is 0 Å². The summed E-state index contributed by atoms with van der Waals surface area (Å²) in [5.41, 5.74) is 2.27. The third kappa shape index (κ3) is 2.27. The first kappa shape index (κ1) is 15.8. The lowest BCUT2D eigenvalue weighted by atomic mass is 10.1. The van der Waals surface area contributed by atoms with Crippen LogP contribution in [0.3, 0.4) is 0 Å². The van der Waals surface area contributed by atoms with E-state index in [1.807, 2.05) is 12.1 Å². The van der Waals surface area contributed by atoms with E-state index in [-0.39, 0.29) is 17.9 Å². The number of nitrogens with zero attached hydrogens (tertiary/aromatic N) is 2. The van der Waals surface area contributed by atoms with Gasteiger partial charge in [-0.25, -0.2) is 0 Å². The Hall–Kier alpha value is -2.40. The second kappa shape index (κ2) is 5.81. The fraction of sp³-hybridized carbons (Fsp3) is 0.238. The first-order chi connectivity index (χ1) is 12.6. The van der Waals surface area contributed by atoms with Gasteiger partial charge in [-0.2, -0.15) is 0 Å². The number of aromatic nitrogens is 1. The molecule has 0 bridgehead atoms. The van der Waals surface area contributed by atoms with Crippen molar-refractivity contribution in [3.8, 4) is 0 Å². The molecule has 1 aliphatic carbocycles. The van der Waals surface area contributed by atoms with Crippen LogP contribution in [0.2, 0.25) is 0 Å². The summed E-state index contributed by atoms with van der Waals surface area (Å²) in [4.78, 5) is 27.0. The Morgan fingerprint density at radius 2 is 1.58 bits per heavy atom. The molecule has 2 atom stereocenters. The molecule has 0 saturated heterocycles. The van der Waals surface area contributed by atoms with Gasteiger partial charge in [-0.05, 0) is 55.7 Å². The van der Waals surface area contributed by atoms with E-state index in [9.17, 15) is 9.59 Å². The average molecular weight is 409 g/mol. The smallest absolute Gasteiger partial charge is 0.261 e. The Bertz CT molecular complexity index is 1020. The van der Waals surface area contributed by atoms with Crippen molar-refractivity contribution in [3.63, 3.8) is 0 Å². The number of carbonyl (C=O) groups excluding carboxylic acids is 2. The number of halogens is 1. The fourth-order valence-electron chi connectivity index (χ4n) is 4.41. The topological polar surface area (TPSA) is 42.3 Å². The quantitative estimate of drug-likeness (QED) is 0.571. The largest absolute Gasteiger partial charge is 0.344 e. The molecule has 2 aliphatic rings. The number of carbonyl (C=O) groups is 2. The Labute approximate surface area is 159 Å². The van der Waals surface area contributed by atoms with Crippen molar-refractivity contribution in [2.45, 2.75) is 31.3 Å². The summed E-state index contributed by atoms with van der Waals surface area (Å²) >= 11 is 3.52. The maximum Gasteiger partial charge on any atom is 0.261 e. The number of imide groups is 1.